The molecule has 0 aliphatic heterocycles. The highest BCUT2D eigenvalue weighted by Crippen LogP contribution is 2.24. The SMILES string of the molecule is CCOc1ccc(NC(=O)/C(C#N)=C/c2ccccc2OCc2ccccc2Cl)cc1. The van der Waals surface area contributed by atoms with E-state index in [0.29, 0.717) is 34.4 Å². The van der Waals surface area contributed by atoms with E-state index in [-0.39, 0.29) is 12.2 Å². The van der Waals surface area contributed by atoms with Gasteiger partial charge >= 0.3 is 0 Å². The van der Waals surface area contributed by atoms with E-state index in [1.807, 2.05) is 43.3 Å². The molecule has 1 N–H and O–H groups in total. The zero-order valence-electron chi connectivity index (χ0n) is 17.0. The molecule has 0 aromatic heterocycles. The molecular formula is C25H21ClN2O3. The molecular weight excluding hydrogens is 412 g/mol. The van der Waals surface area contributed by atoms with Gasteiger partial charge in [-0.15, -0.1) is 0 Å². The third-order valence-electron chi connectivity index (χ3n) is 4.35. The first kappa shape index (κ1) is 21.9. The van der Waals surface area contributed by atoms with Gasteiger partial charge in [0, 0.05) is 21.8 Å². The van der Waals surface area contributed by atoms with Crippen molar-refractivity contribution in [2.45, 2.75) is 13.5 Å². The number of ether oxygens (including phenoxy) is 2. The fraction of sp³-hybridized carbons (Fsp3) is 0.120. The van der Waals surface area contributed by atoms with E-state index in [9.17, 15) is 10.1 Å². The van der Waals surface area contributed by atoms with Crippen molar-refractivity contribution in [3.63, 3.8) is 0 Å². The van der Waals surface area contributed by atoms with Crippen molar-refractivity contribution in [3.8, 4) is 17.6 Å². The summed E-state index contributed by atoms with van der Waals surface area (Å²) in [5.74, 6) is 0.748. The lowest BCUT2D eigenvalue weighted by molar-refractivity contribution is -0.112. The zero-order chi connectivity index (χ0) is 22.1. The first-order valence-electron chi connectivity index (χ1n) is 9.72. The number of nitriles is 1. The molecule has 0 aliphatic rings. The summed E-state index contributed by atoms with van der Waals surface area (Å²) in [5.41, 5.74) is 1.99. The molecule has 0 saturated carbocycles. The Labute approximate surface area is 186 Å². The molecule has 31 heavy (non-hydrogen) atoms. The number of hydrogen-bond donors (Lipinski definition) is 1. The number of halogens is 1. The standard InChI is InChI=1S/C25H21ClN2O3/c1-2-30-22-13-11-21(12-14-22)28-25(29)20(16-27)15-18-7-4-6-10-24(18)31-17-19-8-3-5-9-23(19)26/h3-15H,2,17H2,1H3,(H,28,29)/b20-15+. The highest BCUT2D eigenvalue weighted by Gasteiger charge is 2.12. The summed E-state index contributed by atoms with van der Waals surface area (Å²) in [6, 6.07) is 23.5. The smallest absolute Gasteiger partial charge is 0.266 e. The van der Waals surface area contributed by atoms with E-state index >= 15 is 0 Å². The Kier molecular flexibility index (Phi) is 7.69. The van der Waals surface area contributed by atoms with Crippen LogP contribution in [0.15, 0.2) is 78.4 Å². The number of para-hydroxylation sites is 1. The Morgan fingerprint density at radius 3 is 2.45 bits per heavy atom. The maximum absolute atomic E-state index is 12.6. The summed E-state index contributed by atoms with van der Waals surface area (Å²) >= 11 is 6.19. The Hall–Kier alpha value is -3.75. The minimum atomic E-state index is -0.507. The maximum Gasteiger partial charge on any atom is 0.266 e. The van der Waals surface area contributed by atoms with Crippen LogP contribution in [0.3, 0.4) is 0 Å². The molecule has 5 nitrogen and oxygen atoms in total. The second-order valence-corrected chi connectivity index (χ2v) is 6.91. The Balaban J connectivity index is 1.75. The number of nitrogens with zero attached hydrogens (tertiary/aromatic N) is 1. The van der Waals surface area contributed by atoms with Crippen LogP contribution in [-0.2, 0) is 11.4 Å². The third-order valence-corrected chi connectivity index (χ3v) is 4.72. The van der Waals surface area contributed by atoms with Crippen LogP contribution >= 0.6 is 11.6 Å². The molecule has 0 atom stereocenters. The van der Waals surface area contributed by atoms with E-state index in [1.165, 1.54) is 6.08 Å². The quantitative estimate of drug-likeness (QED) is 0.357. The number of benzene rings is 3. The number of hydrogen-bond acceptors (Lipinski definition) is 4. The van der Waals surface area contributed by atoms with Gasteiger partial charge in [0.05, 0.1) is 6.61 Å². The van der Waals surface area contributed by atoms with Gasteiger partial charge in [-0.3, -0.25) is 4.79 Å². The topological polar surface area (TPSA) is 71.3 Å². The van der Waals surface area contributed by atoms with E-state index < -0.39 is 5.91 Å². The number of amides is 1. The average molecular weight is 433 g/mol. The van der Waals surface area contributed by atoms with Crippen LogP contribution in [0, 0.1) is 11.3 Å². The van der Waals surface area contributed by atoms with Gasteiger partial charge in [0.2, 0.25) is 0 Å². The molecule has 1 amide bonds. The molecule has 3 aromatic rings. The monoisotopic (exact) mass is 432 g/mol. The van der Waals surface area contributed by atoms with Crippen LogP contribution in [0.2, 0.25) is 5.02 Å². The van der Waals surface area contributed by atoms with Crippen molar-refractivity contribution in [1.82, 2.24) is 0 Å². The van der Waals surface area contributed by atoms with Crippen molar-refractivity contribution in [2.75, 3.05) is 11.9 Å². The average Bonchev–Trinajstić information content (AvgIpc) is 2.79. The Morgan fingerprint density at radius 1 is 1.03 bits per heavy atom. The molecule has 156 valence electrons. The molecule has 0 spiro atoms. The van der Waals surface area contributed by atoms with Gasteiger partial charge in [0.15, 0.2) is 0 Å². The molecule has 0 saturated heterocycles. The molecule has 0 bridgehead atoms. The summed E-state index contributed by atoms with van der Waals surface area (Å²) in [7, 11) is 0. The van der Waals surface area contributed by atoms with Gasteiger partial charge in [-0.1, -0.05) is 48.0 Å². The minimum absolute atomic E-state index is 0.0392. The molecule has 3 rings (SSSR count). The van der Waals surface area contributed by atoms with Gasteiger partial charge in [0.1, 0.15) is 29.7 Å². The molecule has 6 heteroatoms. The van der Waals surface area contributed by atoms with Crippen LogP contribution in [-0.4, -0.2) is 12.5 Å². The summed E-state index contributed by atoms with van der Waals surface area (Å²) in [4.78, 5) is 12.6. The summed E-state index contributed by atoms with van der Waals surface area (Å²) in [5, 5.41) is 12.9. The first-order chi connectivity index (χ1) is 15.1. The summed E-state index contributed by atoms with van der Waals surface area (Å²) in [6.45, 7) is 2.73. The Bertz CT molecular complexity index is 1120. The molecule has 0 fully saturated rings. The largest absolute Gasteiger partial charge is 0.494 e. The molecule has 0 radical (unpaired) electrons. The van der Waals surface area contributed by atoms with Crippen LogP contribution in [0.25, 0.3) is 6.08 Å². The second-order valence-electron chi connectivity index (χ2n) is 6.50. The van der Waals surface area contributed by atoms with Crippen LogP contribution in [0.1, 0.15) is 18.1 Å². The predicted molar refractivity (Wildman–Crippen MR) is 122 cm³/mol. The number of nitrogens with one attached hydrogen (secondary N) is 1. The number of rotatable bonds is 8. The van der Waals surface area contributed by atoms with Crippen LogP contribution in [0.5, 0.6) is 11.5 Å². The van der Waals surface area contributed by atoms with Gasteiger partial charge in [-0.25, -0.2) is 0 Å². The number of carbonyl (C=O) groups excluding carboxylic acids is 1. The third kappa shape index (κ3) is 6.11. The van der Waals surface area contributed by atoms with Crippen molar-refractivity contribution in [1.29, 1.82) is 5.26 Å². The molecule has 0 aliphatic carbocycles. The fourth-order valence-electron chi connectivity index (χ4n) is 2.81. The van der Waals surface area contributed by atoms with Crippen LogP contribution in [0.4, 0.5) is 5.69 Å². The minimum Gasteiger partial charge on any atom is -0.494 e. The lowest BCUT2D eigenvalue weighted by Gasteiger charge is -2.11. The summed E-state index contributed by atoms with van der Waals surface area (Å²) < 4.78 is 11.3. The zero-order valence-corrected chi connectivity index (χ0v) is 17.7. The Morgan fingerprint density at radius 2 is 1.74 bits per heavy atom. The van der Waals surface area contributed by atoms with E-state index in [0.717, 1.165) is 5.56 Å². The second kappa shape index (κ2) is 10.9. The number of anilines is 1. The number of carbonyl (C=O) groups is 1. The van der Waals surface area contributed by atoms with E-state index in [4.69, 9.17) is 21.1 Å². The highest BCUT2D eigenvalue weighted by atomic mass is 35.5. The maximum atomic E-state index is 12.6. The van der Waals surface area contributed by atoms with Crippen LogP contribution < -0.4 is 14.8 Å². The lowest BCUT2D eigenvalue weighted by atomic mass is 10.1. The summed E-state index contributed by atoms with van der Waals surface area (Å²) in [6.07, 6.45) is 1.51. The van der Waals surface area contributed by atoms with Gasteiger partial charge in [0.25, 0.3) is 5.91 Å². The van der Waals surface area contributed by atoms with Gasteiger partial charge < -0.3 is 14.8 Å². The van der Waals surface area contributed by atoms with Crippen molar-refractivity contribution >= 4 is 29.3 Å². The highest BCUT2D eigenvalue weighted by molar-refractivity contribution is 6.31. The van der Waals surface area contributed by atoms with E-state index in [2.05, 4.69) is 5.32 Å². The molecule has 0 unspecified atom stereocenters. The van der Waals surface area contributed by atoms with Crippen molar-refractivity contribution in [2.24, 2.45) is 0 Å². The van der Waals surface area contributed by atoms with Gasteiger partial charge in [-0.05, 0) is 49.4 Å². The normalized spacial score (nSPS) is 10.8. The van der Waals surface area contributed by atoms with Crippen molar-refractivity contribution < 1.29 is 14.3 Å². The van der Waals surface area contributed by atoms with Crippen molar-refractivity contribution in [3.05, 3.63) is 94.5 Å². The molecule has 3 aromatic carbocycles. The lowest BCUT2D eigenvalue weighted by Crippen LogP contribution is -2.13. The van der Waals surface area contributed by atoms with Gasteiger partial charge in [-0.2, -0.15) is 5.26 Å². The molecule has 0 heterocycles. The fourth-order valence-corrected chi connectivity index (χ4v) is 3.00. The predicted octanol–water partition coefficient (Wildman–Crippen LogP) is 5.86. The van der Waals surface area contributed by atoms with E-state index in [1.54, 1.807) is 42.5 Å². The first-order valence-corrected chi connectivity index (χ1v) is 10.1.